The van der Waals surface area contributed by atoms with Crippen LogP contribution in [0.4, 0.5) is 5.00 Å². The molecule has 1 fully saturated rings. The van der Waals surface area contributed by atoms with Crippen LogP contribution in [0, 0.1) is 11.8 Å². The highest BCUT2D eigenvalue weighted by molar-refractivity contribution is 7.17. The van der Waals surface area contributed by atoms with E-state index in [0.717, 1.165) is 42.5 Å². The number of nitrogens with one attached hydrogen (secondary N) is 1. The van der Waals surface area contributed by atoms with E-state index >= 15 is 0 Å². The van der Waals surface area contributed by atoms with Gasteiger partial charge in [-0.05, 0) is 57.4 Å². The zero-order chi connectivity index (χ0) is 18.8. The number of fused-ring (bicyclic) bond motifs is 1. The fourth-order valence-corrected chi connectivity index (χ4v) is 4.48. The second kappa shape index (κ2) is 7.78. The van der Waals surface area contributed by atoms with E-state index in [1.54, 1.807) is 13.8 Å². The Kier molecular flexibility index (Phi) is 5.65. The van der Waals surface area contributed by atoms with Gasteiger partial charge in [0.05, 0.1) is 17.6 Å². The minimum absolute atomic E-state index is 0.0464. The SMILES string of the molecule is CC1CCc2c(sc(NC(=O)COC(=O)C3CC3)c2C(=O)OC(C)C)C1. The summed E-state index contributed by atoms with van der Waals surface area (Å²) < 4.78 is 10.4. The van der Waals surface area contributed by atoms with Gasteiger partial charge in [0, 0.05) is 4.88 Å². The van der Waals surface area contributed by atoms with Crippen LogP contribution in [-0.4, -0.2) is 30.6 Å². The first-order valence-electron chi connectivity index (χ1n) is 9.17. The molecule has 1 aromatic heterocycles. The van der Waals surface area contributed by atoms with Crippen LogP contribution in [0.25, 0.3) is 0 Å². The van der Waals surface area contributed by atoms with E-state index < -0.39 is 11.9 Å². The second-order valence-electron chi connectivity index (χ2n) is 7.44. The molecule has 1 unspecified atom stereocenters. The van der Waals surface area contributed by atoms with Gasteiger partial charge in [-0.2, -0.15) is 0 Å². The molecule has 1 heterocycles. The van der Waals surface area contributed by atoms with Crippen molar-refractivity contribution in [2.45, 2.75) is 59.0 Å². The lowest BCUT2D eigenvalue weighted by atomic mass is 9.88. The zero-order valence-electron chi connectivity index (χ0n) is 15.4. The fourth-order valence-electron chi connectivity index (χ4n) is 3.06. The molecule has 0 radical (unpaired) electrons. The van der Waals surface area contributed by atoms with Crippen molar-refractivity contribution in [3.63, 3.8) is 0 Å². The summed E-state index contributed by atoms with van der Waals surface area (Å²) in [5, 5.41) is 3.26. The van der Waals surface area contributed by atoms with Crippen LogP contribution in [0.3, 0.4) is 0 Å². The molecular weight excluding hydrogens is 354 g/mol. The molecule has 6 nitrogen and oxygen atoms in total. The van der Waals surface area contributed by atoms with E-state index in [1.807, 2.05) is 0 Å². The van der Waals surface area contributed by atoms with Crippen molar-refractivity contribution in [1.29, 1.82) is 0 Å². The van der Waals surface area contributed by atoms with E-state index in [0.29, 0.717) is 16.5 Å². The molecule has 0 bridgehead atoms. The van der Waals surface area contributed by atoms with Crippen molar-refractivity contribution in [3.8, 4) is 0 Å². The molecule has 1 atom stereocenters. The summed E-state index contributed by atoms with van der Waals surface area (Å²) in [5.74, 6) is -0.645. The maximum Gasteiger partial charge on any atom is 0.341 e. The molecule has 1 N–H and O–H groups in total. The van der Waals surface area contributed by atoms with Crippen LogP contribution in [0.2, 0.25) is 0 Å². The lowest BCUT2D eigenvalue weighted by molar-refractivity contribution is -0.148. The van der Waals surface area contributed by atoms with Crippen LogP contribution < -0.4 is 5.32 Å². The number of hydrogen-bond donors (Lipinski definition) is 1. The quantitative estimate of drug-likeness (QED) is 0.767. The Hall–Kier alpha value is -1.89. The van der Waals surface area contributed by atoms with Gasteiger partial charge in [0.1, 0.15) is 5.00 Å². The maximum absolute atomic E-state index is 12.6. The molecule has 2 aliphatic carbocycles. The summed E-state index contributed by atoms with van der Waals surface area (Å²) in [7, 11) is 0. The minimum Gasteiger partial charge on any atom is -0.459 e. The summed E-state index contributed by atoms with van der Waals surface area (Å²) in [5.41, 5.74) is 1.46. The lowest BCUT2D eigenvalue weighted by Gasteiger charge is -2.18. The Balaban J connectivity index is 1.75. The standard InChI is InChI=1S/C19H25NO5S/c1-10(2)25-19(23)16-13-7-4-11(3)8-14(13)26-17(16)20-15(21)9-24-18(22)12-5-6-12/h10-12H,4-9H2,1-3H3,(H,20,21). The topological polar surface area (TPSA) is 81.7 Å². The maximum atomic E-state index is 12.6. The lowest BCUT2D eigenvalue weighted by Crippen LogP contribution is -2.23. The van der Waals surface area contributed by atoms with Gasteiger partial charge in [-0.3, -0.25) is 9.59 Å². The number of amides is 1. The Morgan fingerprint density at radius 3 is 2.62 bits per heavy atom. The number of ether oxygens (including phenoxy) is 2. The summed E-state index contributed by atoms with van der Waals surface area (Å²) in [6, 6.07) is 0. The molecular formula is C19H25NO5S. The minimum atomic E-state index is -0.427. The number of rotatable bonds is 6. The van der Waals surface area contributed by atoms with Gasteiger partial charge >= 0.3 is 11.9 Å². The number of anilines is 1. The summed E-state index contributed by atoms with van der Waals surface area (Å²) in [6.07, 6.45) is 4.15. The van der Waals surface area contributed by atoms with Crippen molar-refractivity contribution >= 4 is 34.2 Å². The first kappa shape index (κ1) is 18.9. The van der Waals surface area contributed by atoms with Crippen LogP contribution in [-0.2, 0) is 31.9 Å². The summed E-state index contributed by atoms with van der Waals surface area (Å²) >= 11 is 1.43. The summed E-state index contributed by atoms with van der Waals surface area (Å²) in [6.45, 7) is 5.46. The van der Waals surface area contributed by atoms with Crippen LogP contribution in [0.1, 0.15) is 60.8 Å². The molecule has 0 saturated heterocycles. The molecule has 0 spiro atoms. The smallest absolute Gasteiger partial charge is 0.341 e. The third-order valence-electron chi connectivity index (χ3n) is 4.57. The van der Waals surface area contributed by atoms with Gasteiger partial charge in [0.25, 0.3) is 5.91 Å². The fraction of sp³-hybridized carbons (Fsp3) is 0.632. The monoisotopic (exact) mass is 379 g/mol. The number of carbonyl (C=O) groups is 3. The molecule has 0 aromatic carbocycles. The van der Waals surface area contributed by atoms with Crippen LogP contribution in [0.15, 0.2) is 0 Å². The van der Waals surface area contributed by atoms with Gasteiger partial charge in [0.15, 0.2) is 6.61 Å². The Labute approximate surface area is 157 Å². The van der Waals surface area contributed by atoms with Crippen molar-refractivity contribution < 1.29 is 23.9 Å². The van der Waals surface area contributed by atoms with Gasteiger partial charge in [-0.1, -0.05) is 6.92 Å². The van der Waals surface area contributed by atoms with Gasteiger partial charge in [-0.25, -0.2) is 4.79 Å². The third-order valence-corrected chi connectivity index (χ3v) is 5.74. The molecule has 1 amide bonds. The zero-order valence-corrected chi connectivity index (χ0v) is 16.2. The molecule has 26 heavy (non-hydrogen) atoms. The molecule has 0 aliphatic heterocycles. The van der Waals surface area contributed by atoms with E-state index in [4.69, 9.17) is 9.47 Å². The second-order valence-corrected chi connectivity index (χ2v) is 8.55. The largest absolute Gasteiger partial charge is 0.459 e. The summed E-state index contributed by atoms with van der Waals surface area (Å²) in [4.78, 5) is 37.5. The average molecular weight is 379 g/mol. The predicted molar refractivity (Wildman–Crippen MR) is 98.4 cm³/mol. The third kappa shape index (κ3) is 4.44. The van der Waals surface area contributed by atoms with Crippen molar-refractivity contribution in [2.24, 2.45) is 11.8 Å². The van der Waals surface area contributed by atoms with E-state index in [-0.39, 0.29) is 24.6 Å². The Morgan fingerprint density at radius 1 is 1.23 bits per heavy atom. The highest BCUT2D eigenvalue weighted by Gasteiger charge is 2.32. The molecule has 1 aromatic rings. The number of thiophene rings is 1. The highest BCUT2D eigenvalue weighted by Crippen LogP contribution is 2.40. The van der Waals surface area contributed by atoms with Gasteiger partial charge in [-0.15, -0.1) is 11.3 Å². The van der Waals surface area contributed by atoms with Gasteiger partial charge < -0.3 is 14.8 Å². The first-order valence-corrected chi connectivity index (χ1v) is 9.98. The molecule has 3 rings (SSSR count). The number of carbonyl (C=O) groups excluding carboxylic acids is 3. The Bertz CT molecular complexity index is 720. The van der Waals surface area contributed by atoms with Gasteiger partial charge in [0.2, 0.25) is 0 Å². The predicted octanol–water partition coefficient (Wildman–Crippen LogP) is 3.33. The van der Waals surface area contributed by atoms with Crippen LogP contribution in [0.5, 0.6) is 0 Å². The number of esters is 2. The van der Waals surface area contributed by atoms with E-state index in [1.165, 1.54) is 11.3 Å². The van der Waals surface area contributed by atoms with Crippen molar-refractivity contribution in [2.75, 3.05) is 11.9 Å². The molecule has 7 heteroatoms. The van der Waals surface area contributed by atoms with Crippen LogP contribution >= 0.6 is 11.3 Å². The molecule has 2 aliphatic rings. The first-order chi connectivity index (χ1) is 12.3. The van der Waals surface area contributed by atoms with Crippen molar-refractivity contribution in [3.05, 3.63) is 16.0 Å². The Morgan fingerprint density at radius 2 is 1.96 bits per heavy atom. The normalized spacial score (nSPS) is 19.0. The molecule has 142 valence electrons. The van der Waals surface area contributed by atoms with E-state index in [2.05, 4.69) is 12.2 Å². The highest BCUT2D eigenvalue weighted by atomic mass is 32.1. The van der Waals surface area contributed by atoms with Crippen molar-refractivity contribution in [1.82, 2.24) is 0 Å². The average Bonchev–Trinajstić information content (AvgIpc) is 3.34. The van der Waals surface area contributed by atoms with E-state index in [9.17, 15) is 14.4 Å². The molecule has 1 saturated carbocycles. The number of hydrogen-bond acceptors (Lipinski definition) is 6.